The van der Waals surface area contributed by atoms with Crippen LogP contribution in [0.15, 0.2) is 24.4 Å². The van der Waals surface area contributed by atoms with Gasteiger partial charge in [0.1, 0.15) is 0 Å². The molecule has 1 saturated carbocycles. The second-order valence-electron chi connectivity index (χ2n) is 7.28. The minimum atomic E-state index is 0.369. The van der Waals surface area contributed by atoms with Crippen LogP contribution >= 0.6 is 0 Å². The van der Waals surface area contributed by atoms with Crippen LogP contribution in [0.5, 0.6) is 0 Å². The van der Waals surface area contributed by atoms with Gasteiger partial charge in [0.05, 0.1) is 5.69 Å². The van der Waals surface area contributed by atoms with E-state index >= 15 is 0 Å². The predicted molar refractivity (Wildman–Crippen MR) is 87.2 cm³/mol. The molecule has 3 heteroatoms. The first-order chi connectivity index (χ1) is 10.1. The van der Waals surface area contributed by atoms with Gasteiger partial charge in [-0.1, -0.05) is 32.8 Å². The lowest BCUT2D eigenvalue weighted by molar-refractivity contribution is 0.0255. The number of aromatic nitrogens is 1. The lowest BCUT2D eigenvalue weighted by Gasteiger charge is -2.50. The highest BCUT2D eigenvalue weighted by molar-refractivity contribution is 5.11. The summed E-state index contributed by atoms with van der Waals surface area (Å²) in [5.74, 6) is 0.669. The van der Waals surface area contributed by atoms with Crippen molar-refractivity contribution in [2.45, 2.75) is 64.1 Å². The van der Waals surface area contributed by atoms with Gasteiger partial charge >= 0.3 is 0 Å². The monoisotopic (exact) mass is 287 g/mol. The Hall–Kier alpha value is -0.930. The number of rotatable bonds is 3. The third-order valence-corrected chi connectivity index (χ3v) is 5.54. The minimum Gasteiger partial charge on any atom is -0.308 e. The molecule has 0 bridgehead atoms. The molecule has 1 N–H and O–H groups in total. The average molecular weight is 287 g/mol. The van der Waals surface area contributed by atoms with Gasteiger partial charge in [0.2, 0.25) is 0 Å². The van der Waals surface area contributed by atoms with Crippen molar-refractivity contribution in [2.24, 2.45) is 5.92 Å². The Morgan fingerprint density at radius 2 is 2.00 bits per heavy atom. The number of hydrogen-bond acceptors (Lipinski definition) is 3. The van der Waals surface area contributed by atoms with E-state index in [0.717, 1.165) is 6.54 Å². The van der Waals surface area contributed by atoms with Gasteiger partial charge in [-0.3, -0.25) is 9.88 Å². The van der Waals surface area contributed by atoms with Crippen LogP contribution in [0.25, 0.3) is 0 Å². The molecule has 21 heavy (non-hydrogen) atoms. The second kappa shape index (κ2) is 6.05. The van der Waals surface area contributed by atoms with Gasteiger partial charge in [0.15, 0.2) is 0 Å². The van der Waals surface area contributed by atoms with Gasteiger partial charge < -0.3 is 5.32 Å². The molecule has 2 atom stereocenters. The first kappa shape index (κ1) is 15.0. The lowest BCUT2D eigenvalue weighted by Crippen LogP contribution is -2.64. The number of nitrogens with zero attached hydrogens (tertiary/aromatic N) is 2. The first-order valence-electron chi connectivity index (χ1n) is 8.53. The summed E-state index contributed by atoms with van der Waals surface area (Å²) in [7, 11) is 0. The molecule has 116 valence electrons. The van der Waals surface area contributed by atoms with Crippen LogP contribution in [0.2, 0.25) is 0 Å². The molecule has 1 aromatic rings. The maximum Gasteiger partial charge on any atom is 0.0572 e. The summed E-state index contributed by atoms with van der Waals surface area (Å²) in [6, 6.07) is 7.29. The number of hydrogen-bond donors (Lipinski definition) is 1. The molecule has 3 rings (SSSR count). The van der Waals surface area contributed by atoms with E-state index in [9.17, 15) is 0 Å². The van der Waals surface area contributed by atoms with E-state index in [1.54, 1.807) is 0 Å². The van der Waals surface area contributed by atoms with Gasteiger partial charge in [-0.05, 0) is 37.8 Å². The van der Waals surface area contributed by atoms with Crippen molar-refractivity contribution in [3.63, 3.8) is 0 Å². The number of pyridine rings is 1. The molecule has 0 radical (unpaired) electrons. The van der Waals surface area contributed by atoms with Crippen molar-refractivity contribution < 1.29 is 0 Å². The van der Waals surface area contributed by atoms with Crippen LogP contribution in [0.1, 0.15) is 58.2 Å². The molecule has 1 spiro atoms. The summed E-state index contributed by atoms with van der Waals surface area (Å²) in [5, 5.41) is 3.90. The minimum absolute atomic E-state index is 0.369. The van der Waals surface area contributed by atoms with E-state index in [4.69, 9.17) is 0 Å². The van der Waals surface area contributed by atoms with Crippen LogP contribution in [-0.4, -0.2) is 34.6 Å². The Labute approximate surface area is 129 Å². The Morgan fingerprint density at radius 1 is 1.24 bits per heavy atom. The zero-order valence-electron chi connectivity index (χ0n) is 13.7. The summed E-state index contributed by atoms with van der Waals surface area (Å²) < 4.78 is 0. The van der Waals surface area contributed by atoms with Gasteiger partial charge in [-0.25, -0.2) is 0 Å². The Balaban J connectivity index is 1.83. The molecule has 2 fully saturated rings. The molecule has 2 unspecified atom stereocenters. The van der Waals surface area contributed by atoms with Crippen molar-refractivity contribution in [1.29, 1.82) is 0 Å². The van der Waals surface area contributed by atoms with Gasteiger partial charge in [0.25, 0.3) is 0 Å². The van der Waals surface area contributed by atoms with Crippen LogP contribution in [0, 0.1) is 5.92 Å². The molecule has 1 aliphatic carbocycles. The van der Waals surface area contributed by atoms with E-state index in [1.807, 2.05) is 12.3 Å². The fourth-order valence-electron chi connectivity index (χ4n) is 4.18. The summed E-state index contributed by atoms with van der Waals surface area (Å²) >= 11 is 0. The average Bonchev–Trinajstić information content (AvgIpc) is 2.95. The van der Waals surface area contributed by atoms with E-state index in [2.05, 4.69) is 48.1 Å². The summed E-state index contributed by atoms with van der Waals surface area (Å²) in [4.78, 5) is 7.32. The second-order valence-corrected chi connectivity index (χ2v) is 7.28. The van der Waals surface area contributed by atoms with Crippen molar-refractivity contribution in [2.75, 3.05) is 13.1 Å². The van der Waals surface area contributed by atoms with Gasteiger partial charge in [-0.15, -0.1) is 0 Å². The van der Waals surface area contributed by atoms with Crippen LogP contribution in [-0.2, 0) is 0 Å². The van der Waals surface area contributed by atoms with E-state index < -0.39 is 0 Å². The Morgan fingerprint density at radius 3 is 2.62 bits per heavy atom. The maximum absolute atomic E-state index is 4.60. The molecule has 0 aromatic carbocycles. The van der Waals surface area contributed by atoms with Crippen LogP contribution in [0.3, 0.4) is 0 Å². The zero-order valence-corrected chi connectivity index (χ0v) is 13.7. The molecular weight excluding hydrogens is 258 g/mol. The molecule has 1 aliphatic heterocycles. The van der Waals surface area contributed by atoms with Crippen molar-refractivity contribution >= 4 is 0 Å². The van der Waals surface area contributed by atoms with Crippen LogP contribution in [0.4, 0.5) is 0 Å². The Kier molecular flexibility index (Phi) is 4.32. The highest BCUT2D eigenvalue weighted by Gasteiger charge is 2.43. The van der Waals surface area contributed by atoms with Crippen molar-refractivity contribution in [3.05, 3.63) is 30.1 Å². The fourth-order valence-corrected chi connectivity index (χ4v) is 4.18. The molecule has 3 nitrogen and oxygen atoms in total. The molecular formula is C18H29N3. The zero-order chi connectivity index (χ0) is 14.9. The highest BCUT2D eigenvalue weighted by atomic mass is 15.3. The van der Waals surface area contributed by atoms with Gasteiger partial charge in [0, 0.05) is 36.9 Å². The molecule has 2 heterocycles. The maximum atomic E-state index is 4.60. The van der Waals surface area contributed by atoms with Crippen molar-refractivity contribution in [1.82, 2.24) is 15.2 Å². The largest absolute Gasteiger partial charge is 0.308 e. The quantitative estimate of drug-likeness (QED) is 0.923. The predicted octanol–water partition coefficient (Wildman–Crippen LogP) is 3.39. The SMILES string of the molecule is CC(C)C1CNC2(CCCC2)CN1C(C)c1ccccn1. The summed E-state index contributed by atoms with van der Waals surface area (Å²) in [6.45, 7) is 9.31. The number of piperazine rings is 1. The number of nitrogens with one attached hydrogen (secondary N) is 1. The molecule has 1 saturated heterocycles. The van der Waals surface area contributed by atoms with E-state index in [0.29, 0.717) is 23.5 Å². The van der Waals surface area contributed by atoms with E-state index in [-0.39, 0.29) is 0 Å². The summed E-state index contributed by atoms with van der Waals surface area (Å²) in [6.07, 6.45) is 7.35. The topological polar surface area (TPSA) is 28.2 Å². The molecule has 2 aliphatic rings. The standard InChI is InChI=1S/C18H29N3/c1-14(2)17-12-20-18(9-5-6-10-18)13-21(17)15(3)16-8-4-7-11-19-16/h4,7-8,11,14-15,17,20H,5-6,9-10,12-13H2,1-3H3. The summed E-state index contributed by atoms with van der Waals surface area (Å²) in [5.41, 5.74) is 1.58. The normalized spacial score (nSPS) is 27.3. The third-order valence-electron chi connectivity index (χ3n) is 5.54. The van der Waals surface area contributed by atoms with E-state index in [1.165, 1.54) is 37.9 Å². The first-order valence-corrected chi connectivity index (χ1v) is 8.53. The molecule has 1 aromatic heterocycles. The smallest absolute Gasteiger partial charge is 0.0572 e. The third kappa shape index (κ3) is 3.00. The lowest BCUT2D eigenvalue weighted by atomic mass is 9.87. The van der Waals surface area contributed by atoms with Gasteiger partial charge in [-0.2, -0.15) is 0 Å². The highest BCUT2D eigenvalue weighted by Crippen LogP contribution is 2.37. The van der Waals surface area contributed by atoms with Crippen molar-refractivity contribution in [3.8, 4) is 0 Å². The Bertz CT molecular complexity index is 451. The molecule has 0 amide bonds. The van der Waals surface area contributed by atoms with Crippen LogP contribution < -0.4 is 5.32 Å². The fraction of sp³-hybridized carbons (Fsp3) is 0.722.